The molecule has 98 valence electrons. The van der Waals surface area contributed by atoms with E-state index in [1.807, 2.05) is 26.0 Å². The van der Waals surface area contributed by atoms with Crippen molar-refractivity contribution in [1.29, 1.82) is 0 Å². The molecule has 1 saturated heterocycles. The first-order valence-electron chi connectivity index (χ1n) is 6.27. The van der Waals surface area contributed by atoms with Crippen LogP contribution in [0.25, 0.3) is 0 Å². The molecule has 1 fully saturated rings. The molecule has 1 unspecified atom stereocenters. The second-order valence-electron chi connectivity index (χ2n) is 4.76. The van der Waals surface area contributed by atoms with Crippen LogP contribution < -0.4 is 5.32 Å². The van der Waals surface area contributed by atoms with E-state index in [-0.39, 0.29) is 11.2 Å². The minimum absolute atomic E-state index is 0.126. The van der Waals surface area contributed by atoms with E-state index in [1.54, 1.807) is 11.8 Å². The molecule has 1 heterocycles. The third kappa shape index (κ3) is 3.29. The van der Waals surface area contributed by atoms with Crippen LogP contribution in [0.15, 0.2) is 16.6 Å². The minimum Gasteiger partial charge on any atom is -0.325 e. The van der Waals surface area contributed by atoms with Crippen molar-refractivity contribution in [2.45, 2.75) is 38.4 Å². The van der Waals surface area contributed by atoms with Gasteiger partial charge in [-0.3, -0.25) is 4.79 Å². The van der Waals surface area contributed by atoms with E-state index in [1.165, 1.54) is 12.8 Å². The van der Waals surface area contributed by atoms with Gasteiger partial charge in [-0.1, -0.05) is 22.4 Å². The van der Waals surface area contributed by atoms with Gasteiger partial charge in [0, 0.05) is 10.2 Å². The van der Waals surface area contributed by atoms with Crippen LogP contribution in [-0.4, -0.2) is 16.9 Å². The summed E-state index contributed by atoms with van der Waals surface area (Å²) in [4.78, 5) is 12.2. The number of anilines is 1. The summed E-state index contributed by atoms with van der Waals surface area (Å²) in [6, 6.07) is 4.08. The second kappa shape index (κ2) is 6.11. The van der Waals surface area contributed by atoms with Gasteiger partial charge in [0.1, 0.15) is 0 Å². The standard InChI is InChI=1S/C14H18BrNOS/c1-9-7-11(15)8-10(2)13(9)16-14(17)12-5-3-4-6-18-12/h7-8,12H,3-6H2,1-2H3,(H,16,17). The normalized spacial score (nSPS) is 19.6. The monoisotopic (exact) mass is 327 g/mol. The van der Waals surface area contributed by atoms with Crippen LogP contribution in [0.5, 0.6) is 0 Å². The third-order valence-electron chi connectivity index (χ3n) is 3.22. The Morgan fingerprint density at radius 2 is 2.00 bits per heavy atom. The quantitative estimate of drug-likeness (QED) is 0.877. The van der Waals surface area contributed by atoms with Gasteiger partial charge in [-0.25, -0.2) is 0 Å². The molecule has 1 aliphatic heterocycles. The van der Waals surface area contributed by atoms with Gasteiger partial charge in [0.2, 0.25) is 5.91 Å². The molecule has 0 aliphatic carbocycles. The van der Waals surface area contributed by atoms with Gasteiger partial charge in [-0.2, -0.15) is 0 Å². The topological polar surface area (TPSA) is 29.1 Å². The summed E-state index contributed by atoms with van der Waals surface area (Å²) in [6.45, 7) is 4.06. The molecule has 18 heavy (non-hydrogen) atoms. The Kier molecular flexibility index (Phi) is 4.73. The molecule has 1 aromatic rings. The SMILES string of the molecule is Cc1cc(Br)cc(C)c1NC(=O)C1CCCCS1. The van der Waals surface area contributed by atoms with Crippen molar-refractivity contribution in [3.63, 3.8) is 0 Å². The van der Waals surface area contributed by atoms with Crippen LogP contribution in [0.1, 0.15) is 30.4 Å². The Hall–Kier alpha value is -0.480. The maximum absolute atomic E-state index is 12.2. The van der Waals surface area contributed by atoms with E-state index in [0.29, 0.717) is 0 Å². The van der Waals surface area contributed by atoms with Gasteiger partial charge >= 0.3 is 0 Å². The maximum atomic E-state index is 12.2. The van der Waals surface area contributed by atoms with Crippen molar-refractivity contribution in [2.75, 3.05) is 11.1 Å². The van der Waals surface area contributed by atoms with E-state index < -0.39 is 0 Å². The molecule has 0 bridgehead atoms. The number of thioether (sulfide) groups is 1. The fourth-order valence-electron chi connectivity index (χ4n) is 2.26. The number of benzene rings is 1. The zero-order valence-electron chi connectivity index (χ0n) is 10.8. The number of nitrogens with one attached hydrogen (secondary N) is 1. The zero-order chi connectivity index (χ0) is 13.1. The van der Waals surface area contributed by atoms with Crippen LogP contribution in [0.4, 0.5) is 5.69 Å². The van der Waals surface area contributed by atoms with Crippen LogP contribution in [0.3, 0.4) is 0 Å². The van der Waals surface area contributed by atoms with Crippen molar-refractivity contribution in [3.8, 4) is 0 Å². The largest absolute Gasteiger partial charge is 0.325 e. The summed E-state index contributed by atoms with van der Waals surface area (Å²) >= 11 is 5.26. The minimum atomic E-state index is 0.126. The van der Waals surface area contributed by atoms with Gasteiger partial charge in [-0.05, 0) is 55.7 Å². The van der Waals surface area contributed by atoms with E-state index in [9.17, 15) is 4.79 Å². The number of halogens is 1. The fraction of sp³-hybridized carbons (Fsp3) is 0.500. The first kappa shape index (κ1) is 13.9. The number of hydrogen-bond acceptors (Lipinski definition) is 2. The maximum Gasteiger partial charge on any atom is 0.237 e. The van der Waals surface area contributed by atoms with E-state index in [2.05, 4.69) is 21.2 Å². The molecule has 4 heteroatoms. The molecule has 0 aromatic heterocycles. The Balaban J connectivity index is 2.11. The predicted octanol–water partition coefficient (Wildman–Crippen LogP) is 4.29. The summed E-state index contributed by atoms with van der Waals surface area (Å²) < 4.78 is 1.06. The van der Waals surface area contributed by atoms with Crippen molar-refractivity contribution in [2.24, 2.45) is 0 Å². The molecular weight excluding hydrogens is 310 g/mol. The van der Waals surface area contributed by atoms with Gasteiger partial charge in [-0.15, -0.1) is 11.8 Å². The summed E-state index contributed by atoms with van der Waals surface area (Å²) in [7, 11) is 0. The van der Waals surface area contributed by atoms with Crippen LogP contribution >= 0.6 is 27.7 Å². The van der Waals surface area contributed by atoms with Gasteiger partial charge in [0.15, 0.2) is 0 Å². The van der Waals surface area contributed by atoms with Gasteiger partial charge < -0.3 is 5.32 Å². The number of aryl methyl sites for hydroxylation is 2. The molecule has 0 spiro atoms. The third-order valence-corrected chi connectivity index (χ3v) is 5.05. The second-order valence-corrected chi connectivity index (χ2v) is 6.99. The first-order chi connectivity index (χ1) is 8.58. The predicted molar refractivity (Wildman–Crippen MR) is 82.3 cm³/mol. The lowest BCUT2D eigenvalue weighted by molar-refractivity contribution is -0.115. The van der Waals surface area contributed by atoms with Crippen LogP contribution in [0, 0.1) is 13.8 Å². The first-order valence-corrected chi connectivity index (χ1v) is 8.11. The molecule has 1 N–H and O–H groups in total. The number of carbonyl (C=O) groups excluding carboxylic acids is 1. The zero-order valence-corrected chi connectivity index (χ0v) is 13.2. The van der Waals surface area contributed by atoms with Crippen molar-refractivity contribution < 1.29 is 4.79 Å². The Labute approximate surface area is 121 Å². The van der Waals surface area contributed by atoms with E-state index >= 15 is 0 Å². The molecule has 1 atom stereocenters. The molecule has 2 rings (SSSR count). The molecule has 2 nitrogen and oxygen atoms in total. The van der Waals surface area contributed by atoms with E-state index in [4.69, 9.17) is 0 Å². The number of hydrogen-bond donors (Lipinski definition) is 1. The summed E-state index contributed by atoms with van der Waals surface area (Å²) in [6.07, 6.45) is 3.42. The van der Waals surface area contributed by atoms with Crippen LogP contribution in [0.2, 0.25) is 0 Å². The highest BCUT2D eigenvalue weighted by atomic mass is 79.9. The van der Waals surface area contributed by atoms with Gasteiger partial charge in [0.05, 0.1) is 5.25 Å². The number of amides is 1. The number of rotatable bonds is 2. The highest BCUT2D eigenvalue weighted by Crippen LogP contribution is 2.29. The average molecular weight is 328 g/mol. The van der Waals surface area contributed by atoms with Crippen LogP contribution in [-0.2, 0) is 4.79 Å². The molecule has 1 aromatic carbocycles. The summed E-state index contributed by atoms with van der Waals surface area (Å²) in [5.74, 6) is 1.27. The lowest BCUT2D eigenvalue weighted by Crippen LogP contribution is -2.28. The smallest absolute Gasteiger partial charge is 0.237 e. The summed E-state index contributed by atoms with van der Waals surface area (Å²) in [5.41, 5.74) is 3.18. The molecule has 0 saturated carbocycles. The van der Waals surface area contributed by atoms with Crippen molar-refractivity contribution in [3.05, 3.63) is 27.7 Å². The highest BCUT2D eigenvalue weighted by molar-refractivity contribution is 9.10. The Morgan fingerprint density at radius 3 is 2.56 bits per heavy atom. The van der Waals surface area contributed by atoms with Crippen molar-refractivity contribution >= 4 is 39.3 Å². The molecular formula is C14H18BrNOS. The van der Waals surface area contributed by atoms with Gasteiger partial charge in [0.25, 0.3) is 0 Å². The van der Waals surface area contributed by atoms with E-state index in [0.717, 1.165) is 33.5 Å². The Bertz CT molecular complexity index is 432. The number of carbonyl (C=O) groups is 1. The summed E-state index contributed by atoms with van der Waals surface area (Å²) in [5, 5.41) is 3.22. The average Bonchev–Trinajstić information content (AvgIpc) is 2.34. The van der Waals surface area contributed by atoms with Crippen molar-refractivity contribution in [1.82, 2.24) is 0 Å². The lowest BCUT2D eigenvalue weighted by atomic mass is 10.1. The lowest BCUT2D eigenvalue weighted by Gasteiger charge is -2.21. The molecule has 1 aliphatic rings. The highest BCUT2D eigenvalue weighted by Gasteiger charge is 2.22. The fourth-order valence-corrected chi connectivity index (χ4v) is 4.14. The molecule has 0 radical (unpaired) electrons. The molecule has 1 amide bonds. The Morgan fingerprint density at radius 1 is 1.33 bits per heavy atom.